The number of benzene rings is 2. The average Bonchev–Trinajstić information content (AvgIpc) is 2.48. The van der Waals surface area contributed by atoms with E-state index in [9.17, 15) is 14.5 Å². The fourth-order valence-corrected chi connectivity index (χ4v) is 2.11. The van der Waals surface area contributed by atoms with Crippen LogP contribution in [-0.4, -0.2) is 4.92 Å². The molecule has 1 N–H and O–H groups in total. The molecule has 0 amide bonds. The second-order valence-electron chi connectivity index (χ2n) is 4.80. The molecule has 21 heavy (non-hydrogen) atoms. The van der Waals surface area contributed by atoms with Crippen molar-refractivity contribution in [1.29, 1.82) is 0 Å². The van der Waals surface area contributed by atoms with Crippen LogP contribution in [0.5, 0.6) is 0 Å². The van der Waals surface area contributed by atoms with Crippen LogP contribution in [0, 0.1) is 15.9 Å². The number of hydrogen-bond acceptors (Lipinski definition) is 3. The topological polar surface area (TPSA) is 55.2 Å². The van der Waals surface area contributed by atoms with E-state index in [2.05, 4.69) is 24.4 Å². The minimum absolute atomic E-state index is 0.0646. The van der Waals surface area contributed by atoms with Gasteiger partial charge in [-0.05, 0) is 29.7 Å². The Labute approximate surface area is 122 Å². The second-order valence-corrected chi connectivity index (χ2v) is 4.80. The van der Waals surface area contributed by atoms with Crippen molar-refractivity contribution in [2.45, 2.75) is 26.4 Å². The molecular weight excluding hydrogens is 271 g/mol. The normalized spacial score (nSPS) is 10.6. The van der Waals surface area contributed by atoms with Crippen molar-refractivity contribution in [1.82, 2.24) is 5.32 Å². The van der Waals surface area contributed by atoms with E-state index >= 15 is 0 Å². The van der Waals surface area contributed by atoms with Crippen LogP contribution < -0.4 is 5.32 Å². The van der Waals surface area contributed by atoms with Crippen LogP contribution in [0.15, 0.2) is 42.5 Å². The first-order valence-corrected chi connectivity index (χ1v) is 6.81. The first-order chi connectivity index (χ1) is 10.1. The molecule has 2 rings (SSSR count). The number of rotatable bonds is 6. The van der Waals surface area contributed by atoms with Crippen LogP contribution in [0.2, 0.25) is 0 Å². The van der Waals surface area contributed by atoms with E-state index in [0.717, 1.165) is 18.1 Å². The van der Waals surface area contributed by atoms with Gasteiger partial charge in [-0.15, -0.1) is 0 Å². The summed E-state index contributed by atoms with van der Waals surface area (Å²) in [4.78, 5) is 10.4. The fourth-order valence-electron chi connectivity index (χ4n) is 2.11. The summed E-state index contributed by atoms with van der Waals surface area (Å²) < 4.78 is 13.2. The summed E-state index contributed by atoms with van der Waals surface area (Å²) in [6.45, 7) is 2.93. The smallest absolute Gasteiger partial charge is 0.274 e. The molecule has 5 heteroatoms. The van der Waals surface area contributed by atoms with Gasteiger partial charge in [0.15, 0.2) is 0 Å². The molecule has 0 spiro atoms. The second kappa shape index (κ2) is 6.95. The van der Waals surface area contributed by atoms with Gasteiger partial charge in [0.2, 0.25) is 0 Å². The largest absolute Gasteiger partial charge is 0.308 e. The van der Waals surface area contributed by atoms with Crippen LogP contribution in [0.3, 0.4) is 0 Å². The third-order valence-electron chi connectivity index (χ3n) is 3.31. The molecule has 110 valence electrons. The molecule has 2 aromatic rings. The molecule has 0 radical (unpaired) electrons. The highest BCUT2D eigenvalue weighted by molar-refractivity contribution is 5.40. The molecule has 4 nitrogen and oxygen atoms in total. The van der Waals surface area contributed by atoms with Crippen molar-refractivity contribution in [2.24, 2.45) is 0 Å². The number of hydrogen-bond donors (Lipinski definition) is 1. The van der Waals surface area contributed by atoms with Gasteiger partial charge in [-0.2, -0.15) is 0 Å². The maximum atomic E-state index is 13.2. The molecule has 0 aliphatic carbocycles. The molecule has 0 aromatic heterocycles. The third kappa shape index (κ3) is 4.10. The van der Waals surface area contributed by atoms with Crippen molar-refractivity contribution in [3.05, 3.63) is 75.1 Å². The molecule has 0 saturated carbocycles. The van der Waals surface area contributed by atoms with Crippen molar-refractivity contribution >= 4 is 5.69 Å². The summed E-state index contributed by atoms with van der Waals surface area (Å²) in [5, 5.41) is 14.0. The summed E-state index contributed by atoms with van der Waals surface area (Å²) in [5.41, 5.74) is 2.64. The van der Waals surface area contributed by atoms with Crippen LogP contribution in [-0.2, 0) is 19.5 Å². The molecule has 0 fully saturated rings. The van der Waals surface area contributed by atoms with Gasteiger partial charge in [0.1, 0.15) is 5.82 Å². The lowest BCUT2D eigenvalue weighted by Crippen LogP contribution is -2.14. The molecule has 0 aliphatic heterocycles. The third-order valence-corrected chi connectivity index (χ3v) is 3.31. The van der Waals surface area contributed by atoms with Crippen LogP contribution >= 0.6 is 0 Å². The number of halogens is 1. The van der Waals surface area contributed by atoms with Gasteiger partial charge < -0.3 is 5.32 Å². The zero-order valence-electron chi connectivity index (χ0n) is 11.8. The van der Waals surface area contributed by atoms with Gasteiger partial charge in [-0.25, -0.2) is 4.39 Å². The molecule has 0 atom stereocenters. The molecule has 0 heterocycles. The number of nitro benzene ring substituents is 1. The van der Waals surface area contributed by atoms with Crippen LogP contribution in [0.4, 0.5) is 10.1 Å². The van der Waals surface area contributed by atoms with Crippen molar-refractivity contribution < 1.29 is 9.31 Å². The van der Waals surface area contributed by atoms with E-state index in [4.69, 9.17) is 0 Å². The van der Waals surface area contributed by atoms with E-state index in [1.54, 1.807) is 0 Å². The Morgan fingerprint density at radius 1 is 1.10 bits per heavy atom. The standard InChI is InChI=1S/C16H17FN2O2/c1-2-12-3-5-13(6-4-12)10-18-11-14-9-15(17)7-8-16(14)19(20)21/h3-9,18H,2,10-11H2,1H3. The highest BCUT2D eigenvalue weighted by atomic mass is 19.1. The minimum atomic E-state index is -0.494. The Hall–Kier alpha value is -2.27. The molecule has 0 bridgehead atoms. The van der Waals surface area contributed by atoms with Crippen molar-refractivity contribution in [3.8, 4) is 0 Å². The molecular formula is C16H17FN2O2. The molecule has 0 unspecified atom stereocenters. The SMILES string of the molecule is CCc1ccc(CNCc2cc(F)ccc2[N+](=O)[O-])cc1. The van der Waals surface area contributed by atoms with Gasteiger partial charge in [-0.1, -0.05) is 31.2 Å². The van der Waals surface area contributed by atoms with Gasteiger partial charge >= 0.3 is 0 Å². The fraction of sp³-hybridized carbons (Fsp3) is 0.250. The Balaban J connectivity index is 1.99. The van der Waals surface area contributed by atoms with E-state index in [0.29, 0.717) is 12.1 Å². The Kier molecular flexibility index (Phi) is 5.00. The predicted octanol–water partition coefficient (Wildman–Crippen LogP) is 3.59. The van der Waals surface area contributed by atoms with Gasteiger partial charge in [0, 0.05) is 24.7 Å². The number of nitrogens with zero attached hydrogens (tertiary/aromatic N) is 1. The molecule has 2 aromatic carbocycles. The Morgan fingerprint density at radius 2 is 1.76 bits per heavy atom. The molecule has 0 saturated heterocycles. The lowest BCUT2D eigenvalue weighted by atomic mass is 10.1. The molecule has 0 aliphatic rings. The number of nitrogens with one attached hydrogen (secondary N) is 1. The lowest BCUT2D eigenvalue weighted by molar-refractivity contribution is -0.385. The quantitative estimate of drug-likeness (QED) is 0.653. The first-order valence-electron chi connectivity index (χ1n) is 6.81. The highest BCUT2D eigenvalue weighted by Crippen LogP contribution is 2.19. The zero-order valence-corrected chi connectivity index (χ0v) is 11.8. The van der Waals surface area contributed by atoms with E-state index < -0.39 is 10.7 Å². The van der Waals surface area contributed by atoms with E-state index in [1.807, 2.05) is 12.1 Å². The van der Waals surface area contributed by atoms with Gasteiger partial charge in [0.25, 0.3) is 5.69 Å². The summed E-state index contributed by atoms with van der Waals surface area (Å²) in [6.07, 6.45) is 0.989. The Morgan fingerprint density at radius 3 is 2.38 bits per heavy atom. The first kappa shape index (κ1) is 15.1. The number of aryl methyl sites for hydroxylation is 1. The minimum Gasteiger partial charge on any atom is -0.308 e. The summed E-state index contributed by atoms with van der Waals surface area (Å²) >= 11 is 0. The van der Waals surface area contributed by atoms with Gasteiger partial charge in [-0.3, -0.25) is 10.1 Å². The Bertz CT molecular complexity index is 627. The average molecular weight is 288 g/mol. The van der Waals surface area contributed by atoms with Gasteiger partial charge in [0.05, 0.1) is 4.92 Å². The summed E-state index contributed by atoms with van der Waals surface area (Å²) in [6, 6.07) is 11.7. The van der Waals surface area contributed by atoms with Crippen molar-refractivity contribution in [3.63, 3.8) is 0 Å². The monoisotopic (exact) mass is 288 g/mol. The maximum absolute atomic E-state index is 13.2. The summed E-state index contributed by atoms with van der Waals surface area (Å²) in [5.74, 6) is -0.468. The maximum Gasteiger partial charge on any atom is 0.274 e. The number of nitro groups is 1. The highest BCUT2D eigenvalue weighted by Gasteiger charge is 2.13. The van der Waals surface area contributed by atoms with E-state index in [1.165, 1.54) is 17.7 Å². The summed E-state index contributed by atoms with van der Waals surface area (Å²) in [7, 11) is 0. The predicted molar refractivity (Wildman–Crippen MR) is 79.4 cm³/mol. The lowest BCUT2D eigenvalue weighted by Gasteiger charge is -2.07. The van der Waals surface area contributed by atoms with Crippen LogP contribution in [0.25, 0.3) is 0 Å². The van der Waals surface area contributed by atoms with Crippen molar-refractivity contribution in [2.75, 3.05) is 0 Å². The van der Waals surface area contributed by atoms with Crippen LogP contribution in [0.1, 0.15) is 23.6 Å². The van der Waals surface area contributed by atoms with E-state index in [-0.39, 0.29) is 12.2 Å². The zero-order chi connectivity index (χ0) is 15.2.